The summed E-state index contributed by atoms with van der Waals surface area (Å²) in [5.41, 5.74) is 6.25. The second kappa shape index (κ2) is 5.42. The van der Waals surface area contributed by atoms with Gasteiger partial charge in [-0.15, -0.1) is 0 Å². The third-order valence-electron chi connectivity index (χ3n) is 2.31. The summed E-state index contributed by atoms with van der Waals surface area (Å²) in [6.45, 7) is 0.127. The second-order valence-electron chi connectivity index (χ2n) is 3.66. The molecule has 0 radical (unpaired) electrons. The number of thiocarbonyl (C=S) groups is 1. The van der Waals surface area contributed by atoms with Crippen LogP contribution in [0.15, 0.2) is 42.7 Å². The molecule has 0 aliphatic heterocycles. The molecule has 1 heterocycles. The minimum atomic E-state index is -0.156. The van der Waals surface area contributed by atoms with Gasteiger partial charge >= 0.3 is 0 Å². The Bertz CT molecular complexity index is 564. The number of hydrogen-bond acceptors (Lipinski definition) is 3. The normalized spacial score (nSPS) is 10.0. The first-order chi connectivity index (χ1) is 8.66. The van der Waals surface area contributed by atoms with Crippen LogP contribution in [0, 0.1) is 0 Å². The number of nitrogens with one attached hydrogen (secondary N) is 1. The number of nitrogens with zero attached hydrogens (tertiary/aromatic N) is 2. The first-order valence-corrected chi connectivity index (χ1v) is 5.73. The van der Waals surface area contributed by atoms with E-state index in [1.165, 1.54) is 0 Å². The number of imidazole rings is 1. The van der Waals surface area contributed by atoms with E-state index in [-0.39, 0.29) is 17.4 Å². The standard InChI is InChI=1S/C12H12N4OS/c13-11(18)12-14-6-7-16(12)8-10(17)15-9-4-2-1-3-5-9/h1-7H,8H2,(H2,13,18)(H,15,17). The van der Waals surface area contributed by atoms with Crippen molar-refractivity contribution in [2.75, 3.05) is 5.32 Å². The summed E-state index contributed by atoms with van der Waals surface area (Å²) in [6.07, 6.45) is 3.23. The Hall–Kier alpha value is -2.21. The number of carbonyl (C=O) groups is 1. The zero-order valence-electron chi connectivity index (χ0n) is 9.54. The number of amides is 1. The molecule has 0 unspecified atom stereocenters. The number of carbonyl (C=O) groups excluding carboxylic acids is 1. The molecule has 0 saturated heterocycles. The molecule has 1 aromatic heterocycles. The molecule has 0 bridgehead atoms. The minimum Gasteiger partial charge on any atom is -0.387 e. The topological polar surface area (TPSA) is 72.9 Å². The highest BCUT2D eigenvalue weighted by atomic mass is 32.1. The van der Waals surface area contributed by atoms with Crippen molar-refractivity contribution in [3.63, 3.8) is 0 Å². The molecule has 5 nitrogen and oxygen atoms in total. The maximum Gasteiger partial charge on any atom is 0.244 e. The van der Waals surface area contributed by atoms with Gasteiger partial charge in [-0.3, -0.25) is 4.79 Å². The van der Waals surface area contributed by atoms with Crippen LogP contribution < -0.4 is 11.1 Å². The van der Waals surface area contributed by atoms with Gasteiger partial charge in [-0.2, -0.15) is 0 Å². The number of hydrogen-bond donors (Lipinski definition) is 2. The summed E-state index contributed by atoms with van der Waals surface area (Å²) in [4.78, 5) is 16.0. The zero-order chi connectivity index (χ0) is 13.0. The molecule has 0 aliphatic carbocycles. The summed E-state index contributed by atoms with van der Waals surface area (Å²) in [7, 11) is 0. The van der Waals surface area contributed by atoms with Crippen molar-refractivity contribution in [1.82, 2.24) is 9.55 Å². The lowest BCUT2D eigenvalue weighted by atomic mass is 10.3. The lowest BCUT2D eigenvalue weighted by molar-refractivity contribution is -0.116. The van der Waals surface area contributed by atoms with Crippen molar-refractivity contribution in [3.8, 4) is 0 Å². The largest absolute Gasteiger partial charge is 0.387 e. The summed E-state index contributed by atoms with van der Waals surface area (Å²) >= 11 is 4.85. The number of rotatable bonds is 4. The molecule has 2 rings (SSSR count). The highest BCUT2D eigenvalue weighted by Crippen LogP contribution is 2.05. The van der Waals surface area contributed by atoms with Gasteiger partial charge in [-0.1, -0.05) is 30.4 Å². The fourth-order valence-electron chi connectivity index (χ4n) is 1.54. The van der Waals surface area contributed by atoms with Gasteiger partial charge in [-0.25, -0.2) is 4.98 Å². The number of para-hydroxylation sites is 1. The van der Waals surface area contributed by atoms with Crippen LogP contribution in [-0.2, 0) is 11.3 Å². The summed E-state index contributed by atoms with van der Waals surface area (Å²) in [5, 5.41) is 2.77. The Morgan fingerprint density at radius 2 is 2.11 bits per heavy atom. The summed E-state index contributed by atoms with van der Waals surface area (Å²) < 4.78 is 1.61. The van der Waals surface area contributed by atoms with Crippen LogP contribution in [0.2, 0.25) is 0 Å². The third-order valence-corrected chi connectivity index (χ3v) is 2.49. The van der Waals surface area contributed by atoms with Gasteiger partial charge in [0.15, 0.2) is 5.82 Å². The molecule has 0 spiro atoms. The first-order valence-electron chi connectivity index (χ1n) is 5.32. The lowest BCUT2D eigenvalue weighted by Crippen LogP contribution is -2.23. The quantitative estimate of drug-likeness (QED) is 0.809. The van der Waals surface area contributed by atoms with Gasteiger partial charge in [0.1, 0.15) is 11.5 Å². The third kappa shape index (κ3) is 2.92. The van der Waals surface area contributed by atoms with Gasteiger partial charge in [0.2, 0.25) is 5.91 Å². The van der Waals surface area contributed by atoms with E-state index in [2.05, 4.69) is 10.3 Å². The van der Waals surface area contributed by atoms with Crippen LogP contribution in [0.5, 0.6) is 0 Å². The van der Waals surface area contributed by atoms with Gasteiger partial charge in [-0.05, 0) is 12.1 Å². The number of anilines is 1. The molecule has 1 amide bonds. The predicted octanol–water partition coefficient (Wildman–Crippen LogP) is 1.16. The van der Waals surface area contributed by atoms with Gasteiger partial charge < -0.3 is 15.6 Å². The number of aromatic nitrogens is 2. The van der Waals surface area contributed by atoms with Crippen molar-refractivity contribution in [3.05, 3.63) is 48.5 Å². The van der Waals surface area contributed by atoms with E-state index < -0.39 is 0 Å². The van der Waals surface area contributed by atoms with Crippen LogP contribution in [0.4, 0.5) is 5.69 Å². The Labute approximate surface area is 110 Å². The van der Waals surface area contributed by atoms with E-state index in [1.54, 1.807) is 17.0 Å². The Kier molecular flexibility index (Phi) is 3.69. The van der Waals surface area contributed by atoms with E-state index in [0.29, 0.717) is 5.82 Å². The van der Waals surface area contributed by atoms with Crippen LogP contribution in [0.1, 0.15) is 5.82 Å². The average Bonchev–Trinajstić information content (AvgIpc) is 2.78. The van der Waals surface area contributed by atoms with Gasteiger partial charge in [0.05, 0.1) is 0 Å². The molecule has 1 aromatic carbocycles. The number of nitrogens with two attached hydrogens (primary N) is 1. The van der Waals surface area contributed by atoms with Crippen LogP contribution in [0.3, 0.4) is 0 Å². The molecule has 18 heavy (non-hydrogen) atoms. The monoisotopic (exact) mass is 260 g/mol. The highest BCUT2D eigenvalue weighted by molar-refractivity contribution is 7.80. The Morgan fingerprint density at radius 3 is 2.78 bits per heavy atom. The summed E-state index contributed by atoms with van der Waals surface area (Å²) in [5.74, 6) is 0.282. The Balaban J connectivity index is 2.04. The SMILES string of the molecule is NC(=S)c1nccn1CC(=O)Nc1ccccc1. The maximum atomic E-state index is 11.8. The van der Waals surface area contributed by atoms with Crippen LogP contribution in [-0.4, -0.2) is 20.4 Å². The van der Waals surface area contributed by atoms with Crippen LogP contribution >= 0.6 is 12.2 Å². The molecule has 0 aliphatic rings. The molecule has 2 aromatic rings. The van der Waals surface area contributed by atoms with E-state index in [1.807, 2.05) is 30.3 Å². The van der Waals surface area contributed by atoms with Gasteiger partial charge in [0, 0.05) is 18.1 Å². The smallest absolute Gasteiger partial charge is 0.244 e. The fourth-order valence-corrected chi connectivity index (χ4v) is 1.71. The summed E-state index contributed by atoms with van der Waals surface area (Å²) in [6, 6.07) is 9.23. The predicted molar refractivity (Wildman–Crippen MR) is 73.2 cm³/mol. The minimum absolute atomic E-state index is 0.127. The lowest BCUT2D eigenvalue weighted by Gasteiger charge is -2.07. The molecule has 0 saturated carbocycles. The van der Waals surface area contributed by atoms with E-state index >= 15 is 0 Å². The van der Waals surface area contributed by atoms with Gasteiger partial charge in [0.25, 0.3) is 0 Å². The molecular weight excluding hydrogens is 248 g/mol. The van der Waals surface area contributed by atoms with Crippen molar-refractivity contribution in [2.45, 2.75) is 6.54 Å². The van der Waals surface area contributed by atoms with E-state index in [9.17, 15) is 4.79 Å². The molecule has 3 N–H and O–H groups in total. The van der Waals surface area contributed by atoms with Crippen molar-refractivity contribution >= 4 is 28.8 Å². The van der Waals surface area contributed by atoms with Crippen molar-refractivity contribution < 1.29 is 4.79 Å². The van der Waals surface area contributed by atoms with Crippen molar-refractivity contribution in [2.24, 2.45) is 5.73 Å². The number of benzene rings is 1. The zero-order valence-corrected chi connectivity index (χ0v) is 10.4. The van der Waals surface area contributed by atoms with E-state index in [4.69, 9.17) is 18.0 Å². The average molecular weight is 260 g/mol. The highest BCUT2D eigenvalue weighted by Gasteiger charge is 2.09. The Morgan fingerprint density at radius 1 is 1.39 bits per heavy atom. The molecule has 6 heteroatoms. The molecule has 92 valence electrons. The fraction of sp³-hybridized carbons (Fsp3) is 0.0833. The first kappa shape index (κ1) is 12.3. The molecule has 0 fully saturated rings. The molecule has 0 atom stereocenters. The molecular formula is C12H12N4OS. The maximum absolute atomic E-state index is 11.8. The second-order valence-corrected chi connectivity index (χ2v) is 4.10. The van der Waals surface area contributed by atoms with E-state index in [0.717, 1.165) is 5.69 Å². The van der Waals surface area contributed by atoms with Crippen molar-refractivity contribution in [1.29, 1.82) is 0 Å². The van der Waals surface area contributed by atoms with Crippen LogP contribution in [0.25, 0.3) is 0 Å².